The second-order valence-corrected chi connectivity index (χ2v) is 8.77. The highest BCUT2D eigenvalue weighted by atomic mass is 16.5. The van der Waals surface area contributed by atoms with Crippen molar-refractivity contribution in [1.29, 1.82) is 0 Å². The zero-order chi connectivity index (χ0) is 23.5. The first-order valence-electron chi connectivity index (χ1n) is 11.5. The summed E-state index contributed by atoms with van der Waals surface area (Å²) in [6, 6.07) is 17.2. The number of carbonyl (C=O) groups excluding carboxylic acids is 1. The number of piperidine rings is 1. The standard InChI is InChI=1S/C26H28N6O2/c1-18-3-2-4-21(13-18)30-26(33)32-12-7-19-14-23(5-6-24(19)32)34-25-15-22(28-17-29-25)16-31-10-8-20(27)9-11-31/h2-7,12-15,17,20H,8-11,16,27H2,1H3,(H,30,33). The number of nitrogens with zero attached hydrogens (tertiary/aromatic N) is 4. The first-order chi connectivity index (χ1) is 16.5. The Bertz CT molecular complexity index is 1310. The zero-order valence-corrected chi connectivity index (χ0v) is 19.1. The van der Waals surface area contributed by atoms with Gasteiger partial charge in [-0.2, -0.15) is 0 Å². The van der Waals surface area contributed by atoms with Crippen LogP contribution in [0.2, 0.25) is 0 Å². The number of aromatic nitrogens is 3. The molecule has 8 heteroatoms. The molecule has 1 fully saturated rings. The second-order valence-electron chi connectivity index (χ2n) is 8.77. The van der Waals surface area contributed by atoms with Crippen molar-refractivity contribution < 1.29 is 9.53 Å². The molecule has 2 aromatic carbocycles. The Kier molecular flexibility index (Phi) is 6.24. The van der Waals surface area contributed by atoms with Crippen LogP contribution in [0.15, 0.2) is 67.1 Å². The first-order valence-corrected chi connectivity index (χ1v) is 11.5. The van der Waals surface area contributed by atoms with Gasteiger partial charge < -0.3 is 15.8 Å². The quantitative estimate of drug-likeness (QED) is 0.458. The van der Waals surface area contributed by atoms with Crippen LogP contribution in [-0.4, -0.2) is 44.6 Å². The highest BCUT2D eigenvalue weighted by molar-refractivity contribution is 5.98. The smallest absolute Gasteiger partial charge is 0.330 e. The Balaban J connectivity index is 1.28. The number of amides is 1. The summed E-state index contributed by atoms with van der Waals surface area (Å²) < 4.78 is 7.60. The van der Waals surface area contributed by atoms with Crippen LogP contribution in [-0.2, 0) is 6.54 Å². The van der Waals surface area contributed by atoms with Gasteiger partial charge in [-0.15, -0.1) is 0 Å². The summed E-state index contributed by atoms with van der Waals surface area (Å²) in [6.45, 7) is 4.70. The molecular weight excluding hydrogens is 428 g/mol. The van der Waals surface area contributed by atoms with E-state index in [2.05, 4.69) is 20.2 Å². The molecule has 0 radical (unpaired) electrons. The highest BCUT2D eigenvalue weighted by Crippen LogP contribution is 2.26. The van der Waals surface area contributed by atoms with Gasteiger partial charge in [-0.25, -0.2) is 14.8 Å². The topological polar surface area (TPSA) is 98.3 Å². The van der Waals surface area contributed by atoms with Crippen molar-refractivity contribution in [2.45, 2.75) is 32.4 Å². The number of ether oxygens (including phenoxy) is 1. The van der Waals surface area contributed by atoms with Gasteiger partial charge in [-0.1, -0.05) is 12.1 Å². The minimum absolute atomic E-state index is 0.214. The van der Waals surface area contributed by atoms with Crippen molar-refractivity contribution in [3.05, 3.63) is 78.4 Å². The van der Waals surface area contributed by atoms with Crippen LogP contribution in [0.4, 0.5) is 10.5 Å². The fourth-order valence-electron chi connectivity index (χ4n) is 4.25. The van der Waals surface area contributed by atoms with Crippen LogP contribution in [0.5, 0.6) is 11.6 Å². The summed E-state index contributed by atoms with van der Waals surface area (Å²) in [4.78, 5) is 23.8. The Morgan fingerprint density at radius 3 is 2.79 bits per heavy atom. The van der Waals surface area contributed by atoms with Crippen LogP contribution < -0.4 is 15.8 Å². The molecule has 1 aliphatic heterocycles. The molecule has 0 aliphatic carbocycles. The van der Waals surface area contributed by atoms with Gasteiger partial charge in [0.25, 0.3) is 0 Å². The summed E-state index contributed by atoms with van der Waals surface area (Å²) >= 11 is 0. The van der Waals surface area contributed by atoms with E-state index in [0.29, 0.717) is 17.7 Å². The lowest BCUT2D eigenvalue weighted by Gasteiger charge is -2.29. The number of benzene rings is 2. The normalized spacial score (nSPS) is 14.9. The predicted octanol–water partition coefficient (Wildman–Crippen LogP) is 4.54. The number of likely N-dealkylation sites (tertiary alicyclic amines) is 1. The third-order valence-electron chi connectivity index (χ3n) is 6.09. The van der Waals surface area contributed by atoms with Gasteiger partial charge in [-0.3, -0.25) is 9.47 Å². The molecule has 1 aliphatic rings. The molecule has 0 spiro atoms. The van der Waals surface area contributed by atoms with E-state index in [1.54, 1.807) is 10.8 Å². The molecular formula is C26H28N6O2. The lowest BCUT2D eigenvalue weighted by Crippen LogP contribution is -2.39. The fraction of sp³-hybridized carbons (Fsp3) is 0.269. The maximum absolute atomic E-state index is 12.8. The minimum atomic E-state index is -0.214. The average molecular weight is 457 g/mol. The van der Waals surface area contributed by atoms with Crippen LogP contribution in [0, 0.1) is 6.92 Å². The zero-order valence-electron chi connectivity index (χ0n) is 19.1. The summed E-state index contributed by atoms with van der Waals surface area (Å²) in [6.07, 6.45) is 5.31. The molecule has 1 saturated heterocycles. The Morgan fingerprint density at radius 1 is 1.12 bits per heavy atom. The number of anilines is 1. The van der Waals surface area contributed by atoms with Crippen molar-refractivity contribution in [1.82, 2.24) is 19.4 Å². The highest BCUT2D eigenvalue weighted by Gasteiger charge is 2.17. The van der Waals surface area contributed by atoms with Gasteiger partial charge >= 0.3 is 6.03 Å². The summed E-state index contributed by atoms with van der Waals surface area (Å²) in [5, 5.41) is 3.84. The van der Waals surface area contributed by atoms with E-state index in [1.807, 2.05) is 61.5 Å². The monoisotopic (exact) mass is 456 g/mol. The van der Waals surface area contributed by atoms with Crippen molar-refractivity contribution >= 4 is 22.6 Å². The predicted molar refractivity (Wildman–Crippen MR) is 132 cm³/mol. The summed E-state index contributed by atoms with van der Waals surface area (Å²) in [5.74, 6) is 1.15. The second kappa shape index (κ2) is 9.62. The minimum Gasteiger partial charge on any atom is -0.439 e. The average Bonchev–Trinajstić information content (AvgIpc) is 3.24. The summed E-state index contributed by atoms with van der Waals surface area (Å²) in [7, 11) is 0. The van der Waals surface area contributed by atoms with Crippen molar-refractivity contribution in [2.75, 3.05) is 18.4 Å². The van der Waals surface area contributed by atoms with Crippen LogP contribution in [0.1, 0.15) is 24.1 Å². The molecule has 0 bridgehead atoms. The van der Waals surface area contributed by atoms with Crippen molar-refractivity contribution in [3.63, 3.8) is 0 Å². The van der Waals surface area contributed by atoms with Crippen LogP contribution in [0.3, 0.4) is 0 Å². The van der Waals surface area contributed by atoms with Crippen LogP contribution >= 0.6 is 0 Å². The molecule has 0 atom stereocenters. The van der Waals surface area contributed by atoms with E-state index < -0.39 is 0 Å². The number of nitrogens with one attached hydrogen (secondary N) is 1. The number of hydrogen-bond donors (Lipinski definition) is 2. The molecule has 4 aromatic rings. The number of hydrogen-bond acceptors (Lipinski definition) is 6. The Labute approximate surface area is 198 Å². The van der Waals surface area contributed by atoms with Gasteiger partial charge in [0.05, 0.1) is 11.2 Å². The lowest BCUT2D eigenvalue weighted by atomic mass is 10.1. The Hall–Kier alpha value is -3.75. The first kappa shape index (κ1) is 22.1. The molecule has 5 rings (SSSR count). The van der Waals surface area contributed by atoms with Gasteiger partial charge in [-0.05, 0) is 61.7 Å². The molecule has 0 saturated carbocycles. The van der Waals surface area contributed by atoms with Gasteiger partial charge in [0.2, 0.25) is 5.88 Å². The van der Waals surface area contributed by atoms with Gasteiger partial charge in [0.15, 0.2) is 0 Å². The maximum Gasteiger partial charge on any atom is 0.330 e. The SMILES string of the molecule is Cc1cccc(NC(=O)n2ccc3cc(Oc4cc(CN5CCC(N)CC5)ncn4)ccc32)c1. The molecule has 174 valence electrons. The lowest BCUT2D eigenvalue weighted by molar-refractivity contribution is 0.203. The summed E-state index contributed by atoms with van der Waals surface area (Å²) in [5.41, 5.74) is 9.57. The molecule has 0 unspecified atom stereocenters. The van der Waals surface area contributed by atoms with Crippen molar-refractivity contribution in [2.24, 2.45) is 5.73 Å². The number of nitrogens with two attached hydrogens (primary N) is 1. The number of fused-ring (bicyclic) bond motifs is 1. The van der Waals surface area contributed by atoms with E-state index >= 15 is 0 Å². The number of carbonyl (C=O) groups is 1. The van der Waals surface area contributed by atoms with Crippen molar-refractivity contribution in [3.8, 4) is 11.6 Å². The number of aryl methyl sites for hydroxylation is 1. The van der Waals surface area contributed by atoms with Crippen LogP contribution in [0.25, 0.3) is 10.9 Å². The van der Waals surface area contributed by atoms with E-state index in [4.69, 9.17) is 10.5 Å². The molecule has 8 nitrogen and oxygen atoms in total. The maximum atomic E-state index is 12.8. The van der Waals surface area contributed by atoms with E-state index in [0.717, 1.165) is 60.3 Å². The van der Waals surface area contributed by atoms with E-state index in [9.17, 15) is 4.79 Å². The largest absolute Gasteiger partial charge is 0.439 e. The third-order valence-corrected chi connectivity index (χ3v) is 6.09. The molecule has 34 heavy (non-hydrogen) atoms. The van der Waals surface area contributed by atoms with E-state index in [-0.39, 0.29) is 6.03 Å². The van der Waals surface area contributed by atoms with Gasteiger partial charge in [0.1, 0.15) is 12.1 Å². The Morgan fingerprint density at radius 2 is 1.97 bits per heavy atom. The molecule has 3 N–H and O–H groups in total. The molecule has 1 amide bonds. The molecule has 3 heterocycles. The van der Waals surface area contributed by atoms with Gasteiger partial charge in [0, 0.05) is 49.0 Å². The molecule has 2 aromatic heterocycles. The fourth-order valence-corrected chi connectivity index (χ4v) is 4.25. The van der Waals surface area contributed by atoms with E-state index in [1.165, 1.54) is 6.33 Å². The number of rotatable bonds is 5. The third kappa shape index (κ3) is 5.08.